The molecule has 1 nitrogen and oxygen atoms in total. The summed E-state index contributed by atoms with van der Waals surface area (Å²) < 4.78 is 0. The van der Waals surface area contributed by atoms with E-state index >= 15 is 0 Å². The van der Waals surface area contributed by atoms with Crippen molar-refractivity contribution in [3.05, 3.63) is 41.0 Å². The Hall–Kier alpha value is -1.24. The Morgan fingerprint density at radius 2 is 2.15 bits per heavy atom. The molecular formula is C12H15N. The van der Waals surface area contributed by atoms with Crippen LogP contribution in [-0.4, -0.2) is 0 Å². The Bertz CT molecular complexity index is 350. The van der Waals surface area contributed by atoms with E-state index in [1.54, 1.807) is 0 Å². The number of allylic oxidation sites excluding steroid dienone is 1. The van der Waals surface area contributed by atoms with Crippen LogP contribution in [-0.2, 0) is 6.42 Å². The van der Waals surface area contributed by atoms with E-state index in [0.717, 1.165) is 12.1 Å². The van der Waals surface area contributed by atoms with Crippen molar-refractivity contribution in [1.82, 2.24) is 0 Å². The van der Waals surface area contributed by atoms with Crippen LogP contribution in [0.4, 0.5) is 0 Å². The summed E-state index contributed by atoms with van der Waals surface area (Å²) in [6.45, 7) is 2.16. The molecule has 0 fully saturated rings. The molecule has 1 aromatic rings. The maximum atomic E-state index is 5.98. The van der Waals surface area contributed by atoms with Crippen molar-refractivity contribution in [2.24, 2.45) is 5.73 Å². The maximum absolute atomic E-state index is 5.98. The number of hydrogen-bond donors (Lipinski definition) is 1. The summed E-state index contributed by atoms with van der Waals surface area (Å²) in [7, 11) is 0. The number of nitrogens with two attached hydrogens (primary N) is 1. The van der Waals surface area contributed by atoms with Gasteiger partial charge in [0.25, 0.3) is 0 Å². The zero-order valence-corrected chi connectivity index (χ0v) is 8.01. The van der Waals surface area contributed by atoms with E-state index in [4.69, 9.17) is 5.73 Å². The highest BCUT2D eigenvalue weighted by molar-refractivity contribution is 5.67. The lowest BCUT2D eigenvalue weighted by Gasteiger charge is -2.09. The van der Waals surface area contributed by atoms with Gasteiger partial charge in [0.05, 0.1) is 0 Å². The Morgan fingerprint density at radius 1 is 1.31 bits per heavy atom. The highest BCUT2D eigenvalue weighted by atomic mass is 14.6. The van der Waals surface area contributed by atoms with Gasteiger partial charge in [-0.25, -0.2) is 0 Å². The molecule has 0 spiro atoms. The fraction of sp³-hybridized carbons (Fsp3) is 0.333. The summed E-state index contributed by atoms with van der Waals surface area (Å²) in [6.07, 6.45) is 5.64. The number of aryl methyl sites for hydroxylation is 1. The van der Waals surface area contributed by atoms with Gasteiger partial charge < -0.3 is 5.73 Å². The first-order chi connectivity index (χ1) is 6.29. The number of fused-ring (bicyclic) bond motifs is 1. The third-order valence-electron chi connectivity index (χ3n) is 2.72. The van der Waals surface area contributed by atoms with Gasteiger partial charge in [-0.1, -0.05) is 24.3 Å². The van der Waals surface area contributed by atoms with Crippen molar-refractivity contribution in [3.63, 3.8) is 0 Å². The van der Waals surface area contributed by atoms with E-state index in [0.29, 0.717) is 0 Å². The second kappa shape index (κ2) is 3.25. The first-order valence-corrected chi connectivity index (χ1v) is 4.83. The van der Waals surface area contributed by atoms with E-state index in [1.807, 2.05) is 0 Å². The number of hydrogen-bond acceptors (Lipinski definition) is 1. The van der Waals surface area contributed by atoms with Gasteiger partial charge in [0.1, 0.15) is 0 Å². The van der Waals surface area contributed by atoms with Crippen LogP contribution < -0.4 is 5.73 Å². The molecule has 2 N–H and O–H groups in total. The average molecular weight is 173 g/mol. The topological polar surface area (TPSA) is 26.0 Å². The lowest BCUT2D eigenvalue weighted by Crippen LogP contribution is -2.00. The molecule has 0 radical (unpaired) electrons. The average Bonchev–Trinajstić information content (AvgIpc) is 2.30. The largest absolute Gasteiger partial charge is 0.398 e. The minimum Gasteiger partial charge on any atom is -0.398 e. The SMILES string of the molecule is Cc1cccc2c1CCCC=C2N. The van der Waals surface area contributed by atoms with Crippen LogP contribution in [0.5, 0.6) is 0 Å². The van der Waals surface area contributed by atoms with E-state index in [1.165, 1.54) is 29.5 Å². The predicted octanol–water partition coefficient (Wildman–Crippen LogP) is 2.63. The summed E-state index contributed by atoms with van der Waals surface area (Å²) in [5.41, 5.74) is 11.0. The van der Waals surface area contributed by atoms with Gasteiger partial charge in [-0.3, -0.25) is 0 Å². The molecule has 0 bridgehead atoms. The second-order valence-electron chi connectivity index (χ2n) is 3.65. The summed E-state index contributed by atoms with van der Waals surface area (Å²) in [5.74, 6) is 0. The van der Waals surface area contributed by atoms with Gasteiger partial charge in [0.15, 0.2) is 0 Å². The molecule has 0 amide bonds. The van der Waals surface area contributed by atoms with Crippen molar-refractivity contribution in [2.75, 3.05) is 0 Å². The molecule has 0 saturated heterocycles. The van der Waals surface area contributed by atoms with Crippen LogP contribution >= 0.6 is 0 Å². The third kappa shape index (κ3) is 1.46. The van der Waals surface area contributed by atoms with Crippen LogP contribution in [0.1, 0.15) is 29.5 Å². The predicted molar refractivity (Wildman–Crippen MR) is 56.3 cm³/mol. The van der Waals surface area contributed by atoms with Gasteiger partial charge in [-0.05, 0) is 37.3 Å². The lowest BCUT2D eigenvalue weighted by atomic mass is 9.98. The van der Waals surface area contributed by atoms with Crippen molar-refractivity contribution >= 4 is 5.70 Å². The Balaban J connectivity index is 2.58. The number of rotatable bonds is 0. The summed E-state index contributed by atoms with van der Waals surface area (Å²) in [4.78, 5) is 0. The van der Waals surface area contributed by atoms with Crippen molar-refractivity contribution in [1.29, 1.82) is 0 Å². The molecule has 0 atom stereocenters. The molecule has 0 aliphatic heterocycles. The fourth-order valence-electron chi connectivity index (χ4n) is 1.95. The molecule has 1 heteroatoms. The van der Waals surface area contributed by atoms with E-state index < -0.39 is 0 Å². The Labute approximate surface area is 79.3 Å². The monoisotopic (exact) mass is 173 g/mol. The quantitative estimate of drug-likeness (QED) is 0.641. The van der Waals surface area contributed by atoms with Crippen LogP contribution in [0.25, 0.3) is 5.70 Å². The number of benzene rings is 1. The molecule has 0 saturated carbocycles. The van der Waals surface area contributed by atoms with Crippen molar-refractivity contribution < 1.29 is 0 Å². The van der Waals surface area contributed by atoms with E-state index in [-0.39, 0.29) is 0 Å². The standard InChI is InChI=1S/C12H15N/c1-9-5-4-7-11-10(9)6-2-3-8-12(11)13/h4-5,7-8H,2-3,6,13H2,1H3. The first-order valence-electron chi connectivity index (χ1n) is 4.83. The maximum Gasteiger partial charge on any atom is 0.0349 e. The van der Waals surface area contributed by atoms with Crippen LogP contribution in [0.3, 0.4) is 0 Å². The van der Waals surface area contributed by atoms with Gasteiger partial charge in [-0.15, -0.1) is 0 Å². The Morgan fingerprint density at radius 3 is 3.00 bits per heavy atom. The van der Waals surface area contributed by atoms with E-state index in [9.17, 15) is 0 Å². The minimum absolute atomic E-state index is 0.955. The van der Waals surface area contributed by atoms with Crippen LogP contribution in [0.2, 0.25) is 0 Å². The summed E-state index contributed by atoms with van der Waals surface area (Å²) in [6, 6.07) is 6.37. The zero-order valence-electron chi connectivity index (χ0n) is 8.01. The molecule has 13 heavy (non-hydrogen) atoms. The van der Waals surface area contributed by atoms with Crippen LogP contribution in [0, 0.1) is 6.92 Å². The highest BCUT2D eigenvalue weighted by Crippen LogP contribution is 2.24. The summed E-state index contributed by atoms with van der Waals surface area (Å²) >= 11 is 0. The molecule has 1 aliphatic carbocycles. The fourth-order valence-corrected chi connectivity index (χ4v) is 1.95. The third-order valence-corrected chi connectivity index (χ3v) is 2.72. The molecule has 0 aromatic heterocycles. The molecule has 68 valence electrons. The van der Waals surface area contributed by atoms with E-state index in [2.05, 4.69) is 31.2 Å². The van der Waals surface area contributed by atoms with Crippen LogP contribution in [0.15, 0.2) is 24.3 Å². The zero-order chi connectivity index (χ0) is 9.26. The van der Waals surface area contributed by atoms with Crippen molar-refractivity contribution in [3.8, 4) is 0 Å². The lowest BCUT2D eigenvalue weighted by molar-refractivity contribution is 0.846. The molecular weight excluding hydrogens is 158 g/mol. The second-order valence-corrected chi connectivity index (χ2v) is 3.65. The molecule has 0 heterocycles. The van der Waals surface area contributed by atoms with Gasteiger partial charge in [0, 0.05) is 11.3 Å². The smallest absolute Gasteiger partial charge is 0.0349 e. The molecule has 2 rings (SSSR count). The molecule has 0 unspecified atom stereocenters. The van der Waals surface area contributed by atoms with Gasteiger partial charge >= 0.3 is 0 Å². The molecule has 1 aromatic carbocycles. The van der Waals surface area contributed by atoms with Gasteiger partial charge in [-0.2, -0.15) is 0 Å². The minimum atomic E-state index is 0.955. The normalized spacial score (nSPS) is 15.9. The van der Waals surface area contributed by atoms with Crippen molar-refractivity contribution in [2.45, 2.75) is 26.2 Å². The molecule has 1 aliphatic rings. The Kier molecular flexibility index (Phi) is 2.09. The summed E-state index contributed by atoms with van der Waals surface area (Å²) in [5, 5.41) is 0. The highest BCUT2D eigenvalue weighted by Gasteiger charge is 2.09. The first kappa shape index (κ1) is 8.36. The van der Waals surface area contributed by atoms with Gasteiger partial charge in [0.2, 0.25) is 0 Å².